The highest BCUT2D eigenvalue weighted by Crippen LogP contribution is 2.04. The van der Waals surface area contributed by atoms with E-state index in [1.807, 2.05) is 5.32 Å². The van der Waals surface area contributed by atoms with Gasteiger partial charge >= 0.3 is 0 Å². The molecule has 0 aromatic carbocycles. The molecule has 0 atom stereocenters. The second kappa shape index (κ2) is 6.21. The first-order valence-corrected chi connectivity index (χ1v) is 4.84. The van der Waals surface area contributed by atoms with Crippen molar-refractivity contribution in [1.29, 1.82) is 0 Å². The summed E-state index contributed by atoms with van der Waals surface area (Å²) in [5, 5.41) is 12.4. The highest BCUT2D eigenvalue weighted by molar-refractivity contribution is 5.82. The number of carboxylic acids is 1. The van der Waals surface area contributed by atoms with Gasteiger partial charge in [0.05, 0.1) is 13.2 Å². The van der Waals surface area contributed by atoms with Gasteiger partial charge in [0.2, 0.25) is 0 Å². The summed E-state index contributed by atoms with van der Waals surface area (Å²) in [5.41, 5.74) is 0. The first-order valence-electron chi connectivity index (χ1n) is 4.84. The van der Waals surface area contributed by atoms with Crippen LogP contribution in [0.3, 0.4) is 0 Å². The third-order valence-corrected chi connectivity index (χ3v) is 1.97. The quantitative estimate of drug-likeness (QED) is 0.573. The second-order valence-corrected chi connectivity index (χ2v) is 3.18. The lowest BCUT2D eigenvalue weighted by molar-refractivity contribution is -0.672. The molecule has 0 bridgehead atoms. The summed E-state index contributed by atoms with van der Waals surface area (Å²) in [7, 11) is 1.67. The molecule has 84 valence electrons. The molecular weight excluding hydrogens is 198 g/mol. The SMILES string of the molecule is COCCC[NH2+]Cc1ccc(C(=O)[O-])o1. The summed E-state index contributed by atoms with van der Waals surface area (Å²) in [6, 6.07) is 3.06. The first-order chi connectivity index (χ1) is 7.24. The van der Waals surface area contributed by atoms with Crippen molar-refractivity contribution in [3.05, 3.63) is 23.7 Å². The number of carbonyl (C=O) groups is 1. The van der Waals surface area contributed by atoms with Gasteiger partial charge in [0, 0.05) is 13.5 Å². The lowest BCUT2D eigenvalue weighted by Gasteiger charge is -1.99. The van der Waals surface area contributed by atoms with Crippen LogP contribution in [0.1, 0.15) is 22.7 Å². The number of hydrogen-bond donors (Lipinski definition) is 1. The van der Waals surface area contributed by atoms with E-state index < -0.39 is 5.97 Å². The molecule has 0 aliphatic carbocycles. The maximum absolute atomic E-state index is 10.4. The van der Waals surface area contributed by atoms with Gasteiger partial charge < -0.3 is 24.4 Å². The molecule has 0 unspecified atom stereocenters. The Labute approximate surface area is 88.0 Å². The van der Waals surface area contributed by atoms with E-state index in [9.17, 15) is 9.90 Å². The number of nitrogens with two attached hydrogens (primary N) is 1. The lowest BCUT2D eigenvalue weighted by atomic mass is 10.4. The molecule has 0 radical (unpaired) electrons. The van der Waals surface area contributed by atoms with E-state index in [1.165, 1.54) is 6.07 Å². The van der Waals surface area contributed by atoms with E-state index in [-0.39, 0.29) is 5.76 Å². The predicted molar refractivity (Wildman–Crippen MR) is 50.0 cm³/mol. The van der Waals surface area contributed by atoms with Crippen molar-refractivity contribution in [2.24, 2.45) is 0 Å². The highest BCUT2D eigenvalue weighted by Gasteiger charge is 2.03. The molecule has 5 nitrogen and oxygen atoms in total. The van der Waals surface area contributed by atoms with Crippen molar-refractivity contribution in [2.45, 2.75) is 13.0 Å². The van der Waals surface area contributed by atoms with Crippen LogP contribution in [0.5, 0.6) is 0 Å². The summed E-state index contributed by atoms with van der Waals surface area (Å²) in [6.07, 6.45) is 0.963. The average Bonchev–Trinajstić information content (AvgIpc) is 2.66. The van der Waals surface area contributed by atoms with E-state index in [0.717, 1.165) is 19.6 Å². The Morgan fingerprint density at radius 3 is 3.00 bits per heavy atom. The minimum atomic E-state index is -1.28. The number of furan rings is 1. The average molecular weight is 213 g/mol. The molecule has 1 aromatic heterocycles. The van der Waals surface area contributed by atoms with E-state index >= 15 is 0 Å². The molecule has 1 aromatic rings. The van der Waals surface area contributed by atoms with E-state index in [1.54, 1.807) is 13.2 Å². The number of carboxylic acid groups (broad SMARTS) is 1. The minimum absolute atomic E-state index is 0.115. The fourth-order valence-corrected chi connectivity index (χ4v) is 1.21. The number of rotatable bonds is 7. The third-order valence-electron chi connectivity index (χ3n) is 1.97. The number of carbonyl (C=O) groups excluding carboxylic acids is 1. The van der Waals surface area contributed by atoms with Crippen LogP contribution in [0, 0.1) is 0 Å². The maximum atomic E-state index is 10.4. The summed E-state index contributed by atoms with van der Waals surface area (Å²) < 4.78 is 9.93. The van der Waals surface area contributed by atoms with Crippen LogP contribution in [0.4, 0.5) is 0 Å². The van der Waals surface area contributed by atoms with Crippen LogP contribution >= 0.6 is 0 Å². The zero-order chi connectivity index (χ0) is 11.1. The van der Waals surface area contributed by atoms with Gasteiger partial charge in [-0.2, -0.15) is 0 Å². The van der Waals surface area contributed by atoms with Crippen LogP contribution < -0.4 is 10.4 Å². The number of hydrogen-bond acceptors (Lipinski definition) is 4. The zero-order valence-electron chi connectivity index (χ0n) is 8.69. The fraction of sp³-hybridized carbons (Fsp3) is 0.500. The smallest absolute Gasteiger partial charge is 0.158 e. The van der Waals surface area contributed by atoms with Gasteiger partial charge in [-0.3, -0.25) is 0 Å². The fourth-order valence-electron chi connectivity index (χ4n) is 1.21. The Bertz CT molecular complexity index is 308. The summed E-state index contributed by atoms with van der Waals surface area (Å²) >= 11 is 0. The standard InChI is InChI=1S/C10H15NO4/c1-14-6-2-5-11-7-8-3-4-9(15-8)10(12)13/h3-4,11H,2,5-7H2,1H3,(H,12,13). The Balaban J connectivity index is 2.23. The molecule has 5 heteroatoms. The molecule has 0 amide bonds. The molecule has 15 heavy (non-hydrogen) atoms. The summed E-state index contributed by atoms with van der Waals surface area (Å²) in [5.74, 6) is -0.748. The number of methoxy groups -OCH3 is 1. The molecule has 1 heterocycles. The molecule has 1 rings (SSSR count). The lowest BCUT2D eigenvalue weighted by Crippen LogP contribution is -2.82. The highest BCUT2D eigenvalue weighted by atomic mass is 16.5. The Morgan fingerprint density at radius 1 is 1.60 bits per heavy atom. The van der Waals surface area contributed by atoms with Gasteiger partial charge in [-0.25, -0.2) is 0 Å². The van der Waals surface area contributed by atoms with Gasteiger partial charge in [-0.1, -0.05) is 0 Å². The van der Waals surface area contributed by atoms with Crippen molar-refractivity contribution < 1.29 is 24.4 Å². The van der Waals surface area contributed by atoms with E-state index in [2.05, 4.69) is 0 Å². The molecule has 0 saturated carbocycles. The number of ether oxygens (including phenoxy) is 1. The molecule has 0 aliphatic rings. The molecule has 2 N–H and O–H groups in total. The van der Waals surface area contributed by atoms with Crippen LogP contribution in [-0.2, 0) is 11.3 Å². The maximum Gasteiger partial charge on any atom is 0.158 e. The Morgan fingerprint density at radius 2 is 2.40 bits per heavy atom. The largest absolute Gasteiger partial charge is 0.542 e. The van der Waals surface area contributed by atoms with Crippen LogP contribution in [0.15, 0.2) is 16.5 Å². The Kier molecular flexibility index (Phi) is 4.86. The van der Waals surface area contributed by atoms with Crippen molar-refractivity contribution in [2.75, 3.05) is 20.3 Å². The molecule has 0 aliphatic heterocycles. The van der Waals surface area contributed by atoms with Gasteiger partial charge in [-0.05, 0) is 12.1 Å². The van der Waals surface area contributed by atoms with Crippen molar-refractivity contribution in [1.82, 2.24) is 0 Å². The van der Waals surface area contributed by atoms with Gasteiger partial charge in [0.25, 0.3) is 0 Å². The topological polar surface area (TPSA) is 79.1 Å². The van der Waals surface area contributed by atoms with Crippen molar-refractivity contribution >= 4 is 5.97 Å². The summed E-state index contributed by atoms with van der Waals surface area (Å²) in [6.45, 7) is 2.30. The molecule has 0 fully saturated rings. The van der Waals surface area contributed by atoms with E-state index in [0.29, 0.717) is 12.3 Å². The van der Waals surface area contributed by atoms with E-state index in [4.69, 9.17) is 9.15 Å². The number of aromatic carboxylic acids is 1. The molecular formula is C10H15NO4. The Hall–Kier alpha value is -1.33. The first kappa shape index (κ1) is 11.7. The predicted octanol–water partition coefficient (Wildman–Crippen LogP) is -1.26. The molecule has 0 saturated heterocycles. The third kappa shape index (κ3) is 4.14. The van der Waals surface area contributed by atoms with Crippen molar-refractivity contribution in [3.63, 3.8) is 0 Å². The second-order valence-electron chi connectivity index (χ2n) is 3.18. The van der Waals surface area contributed by atoms with Crippen LogP contribution in [-0.4, -0.2) is 26.2 Å². The normalized spacial score (nSPS) is 10.5. The van der Waals surface area contributed by atoms with Crippen LogP contribution in [0.2, 0.25) is 0 Å². The van der Waals surface area contributed by atoms with Gasteiger partial charge in [-0.15, -0.1) is 0 Å². The molecule has 0 spiro atoms. The van der Waals surface area contributed by atoms with Gasteiger partial charge in [0.15, 0.2) is 5.76 Å². The van der Waals surface area contributed by atoms with Crippen molar-refractivity contribution in [3.8, 4) is 0 Å². The van der Waals surface area contributed by atoms with Crippen LogP contribution in [0.25, 0.3) is 0 Å². The minimum Gasteiger partial charge on any atom is -0.542 e. The summed E-state index contributed by atoms with van der Waals surface area (Å²) in [4.78, 5) is 10.4. The monoisotopic (exact) mass is 213 g/mol. The number of quaternary nitrogens is 1. The van der Waals surface area contributed by atoms with Gasteiger partial charge in [0.1, 0.15) is 18.3 Å². The zero-order valence-corrected chi connectivity index (χ0v) is 8.69.